The molecule has 0 N–H and O–H groups in total. The maximum atomic E-state index is 13.5. The molecule has 3 rings (SSSR count). The van der Waals surface area contributed by atoms with Crippen LogP contribution in [0.25, 0.3) is 0 Å². The summed E-state index contributed by atoms with van der Waals surface area (Å²) in [5.41, 5.74) is 0. The number of carbonyl (C=O) groups excluding carboxylic acids is 1. The monoisotopic (exact) mass is 383 g/mol. The van der Waals surface area contributed by atoms with Crippen LogP contribution >= 0.6 is 11.3 Å². The van der Waals surface area contributed by atoms with E-state index >= 15 is 0 Å². The number of amides is 1. The van der Waals surface area contributed by atoms with Crippen molar-refractivity contribution in [3.8, 4) is 5.75 Å². The average Bonchev–Trinajstić information content (AvgIpc) is 3.05. The van der Waals surface area contributed by atoms with E-state index in [4.69, 9.17) is 4.74 Å². The highest BCUT2D eigenvalue weighted by Gasteiger charge is 2.33. The second-order valence-corrected chi connectivity index (χ2v) is 9.04. The normalized spacial score (nSPS) is 20.0. The lowest BCUT2D eigenvalue weighted by Gasteiger charge is -2.20. The Labute approximate surface area is 150 Å². The molecule has 5 nitrogen and oxygen atoms in total. The molecular weight excluding hydrogens is 365 g/mol. The van der Waals surface area contributed by atoms with Crippen molar-refractivity contribution in [1.29, 1.82) is 0 Å². The van der Waals surface area contributed by atoms with Gasteiger partial charge in [-0.05, 0) is 30.0 Å². The van der Waals surface area contributed by atoms with Gasteiger partial charge in [0, 0.05) is 18.0 Å². The van der Waals surface area contributed by atoms with Crippen molar-refractivity contribution in [1.82, 2.24) is 4.90 Å². The van der Waals surface area contributed by atoms with Crippen LogP contribution in [0.15, 0.2) is 41.8 Å². The van der Waals surface area contributed by atoms with Gasteiger partial charge in [0.05, 0.1) is 11.0 Å². The lowest BCUT2D eigenvalue weighted by atomic mass is 10.2. The van der Waals surface area contributed by atoms with Crippen LogP contribution in [-0.2, 0) is 14.6 Å². The number of hydrogen-bond acceptors (Lipinski definition) is 5. The first-order valence-electron chi connectivity index (χ1n) is 7.87. The highest BCUT2D eigenvalue weighted by Crippen LogP contribution is 2.32. The van der Waals surface area contributed by atoms with Crippen molar-refractivity contribution >= 4 is 27.1 Å². The third kappa shape index (κ3) is 4.19. The van der Waals surface area contributed by atoms with E-state index in [9.17, 15) is 17.6 Å². The molecule has 0 aliphatic carbocycles. The van der Waals surface area contributed by atoms with E-state index < -0.39 is 20.9 Å². The molecule has 0 saturated carbocycles. The van der Waals surface area contributed by atoms with Crippen LogP contribution in [0, 0.1) is 5.82 Å². The van der Waals surface area contributed by atoms with Gasteiger partial charge in [-0.2, -0.15) is 0 Å². The van der Waals surface area contributed by atoms with Crippen LogP contribution in [0.2, 0.25) is 0 Å². The van der Waals surface area contributed by atoms with Gasteiger partial charge in [-0.25, -0.2) is 12.8 Å². The third-order valence-electron chi connectivity index (χ3n) is 4.14. The number of thiophene rings is 1. The summed E-state index contributed by atoms with van der Waals surface area (Å²) < 4.78 is 43.7. The predicted octanol–water partition coefficient (Wildman–Crippen LogP) is 2.65. The Balaban J connectivity index is 1.64. The van der Waals surface area contributed by atoms with Crippen LogP contribution in [0.4, 0.5) is 4.39 Å². The fourth-order valence-electron chi connectivity index (χ4n) is 2.78. The highest BCUT2D eigenvalue weighted by atomic mass is 32.2. The zero-order chi connectivity index (χ0) is 17.9. The van der Waals surface area contributed by atoms with Gasteiger partial charge in [0.1, 0.15) is 0 Å². The number of ether oxygens (including phenoxy) is 1. The molecule has 2 aromatic rings. The van der Waals surface area contributed by atoms with Crippen LogP contribution in [0.3, 0.4) is 0 Å². The molecule has 0 radical (unpaired) electrons. The van der Waals surface area contributed by atoms with E-state index in [2.05, 4.69) is 0 Å². The Bertz CT molecular complexity index is 836. The molecule has 0 bridgehead atoms. The number of para-hydroxylation sites is 1. The predicted molar refractivity (Wildman–Crippen MR) is 93.9 cm³/mol. The highest BCUT2D eigenvalue weighted by molar-refractivity contribution is 7.91. The van der Waals surface area contributed by atoms with E-state index in [0.29, 0.717) is 13.0 Å². The zero-order valence-electron chi connectivity index (χ0n) is 13.4. The molecule has 1 aliphatic heterocycles. The summed E-state index contributed by atoms with van der Waals surface area (Å²) in [6, 6.07) is 9.49. The molecule has 25 heavy (non-hydrogen) atoms. The molecule has 1 fully saturated rings. The Hall–Kier alpha value is -1.93. The molecule has 0 spiro atoms. The van der Waals surface area contributed by atoms with Crippen molar-refractivity contribution in [2.45, 2.75) is 11.7 Å². The second kappa shape index (κ2) is 7.53. The number of benzene rings is 1. The summed E-state index contributed by atoms with van der Waals surface area (Å²) in [5, 5.41) is 1.28. The first-order chi connectivity index (χ1) is 12.0. The zero-order valence-corrected chi connectivity index (χ0v) is 15.1. The molecule has 1 aliphatic rings. The molecule has 8 heteroatoms. The van der Waals surface area contributed by atoms with Crippen LogP contribution < -0.4 is 4.74 Å². The average molecular weight is 383 g/mol. The van der Waals surface area contributed by atoms with Gasteiger partial charge in [0.25, 0.3) is 5.91 Å². The van der Waals surface area contributed by atoms with E-state index in [1.54, 1.807) is 6.07 Å². The van der Waals surface area contributed by atoms with Gasteiger partial charge < -0.3 is 9.64 Å². The van der Waals surface area contributed by atoms with Gasteiger partial charge in [-0.15, -0.1) is 11.3 Å². The molecule has 1 unspecified atom stereocenters. The maximum Gasteiger partial charge on any atom is 0.260 e. The number of rotatable bonds is 4. The molecule has 1 atom stereocenters. The Morgan fingerprint density at radius 1 is 1.24 bits per heavy atom. The van der Waals surface area contributed by atoms with E-state index in [0.717, 1.165) is 4.88 Å². The van der Waals surface area contributed by atoms with E-state index in [1.165, 1.54) is 34.4 Å². The first kappa shape index (κ1) is 17.9. The summed E-state index contributed by atoms with van der Waals surface area (Å²) in [4.78, 5) is 14.6. The Morgan fingerprint density at radius 2 is 2.04 bits per heavy atom. The number of carbonyl (C=O) groups is 1. The molecule has 1 saturated heterocycles. The van der Waals surface area contributed by atoms with Gasteiger partial charge >= 0.3 is 0 Å². The molecule has 2 heterocycles. The lowest BCUT2D eigenvalue weighted by Crippen LogP contribution is -2.37. The molecule has 1 aromatic heterocycles. The smallest absolute Gasteiger partial charge is 0.260 e. The molecule has 1 amide bonds. The standard InChI is InChI=1S/C17H18FNO4S2/c18-13-4-1-2-5-14(13)23-12-17(20)19-8-7-16(15-6-3-10-24-15)25(21,22)11-9-19/h1-6,10,16H,7-9,11-12H2. The van der Waals surface area contributed by atoms with Crippen molar-refractivity contribution in [2.75, 3.05) is 25.4 Å². The summed E-state index contributed by atoms with van der Waals surface area (Å²) >= 11 is 1.41. The Kier molecular flexibility index (Phi) is 5.39. The van der Waals surface area contributed by atoms with Crippen molar-refractivity contribution in [2.24, 2.45) is 0 Å². The topological polar surface area (TPSA) is 63.7 Å². The number of sulfone groups is 1. The summed E-state index contributed by atoms with van der Waals surface area (Å²) in [6.45, 7) is 0.148. The van der Waals surface area contributed by atoms with E-state index in [1.807, 2.05) is 17.5 Å². The van der Waals surface area contributed by atoms with Crippen LogP contribution in [0.1, 0.15) is 16.5 Å². The van der Waals surface area contributed by atoms with Crippen molar-refractivity contribution in [3.05, 3.63) is 52.5 Å². The minimum atomic E-state index is -3.31. The quantitative estimate of drug-likeness (QED) is 0.814. The van der Waals surface area contributed by atoms with Gasteiger partial charge in [0.15, 0.2) is 28.0 Å². The number of halogens is 1. The summed E-state index contributed by atoms with van der Waals surface area (Å²) in [7, 11) is -3.31. The maximum absolute atomic E-state index is 13.5. The molecule has 1 aromatic carbocycles. The van der Waals surface area contributed by atoms with E-state index in [-0.39, 0.29) is 30.6 Å². The number of hydrogen-bond donors (Lipinski definition) is 0. The third-order valence-corrected chi connectivity index (χ3v) is 7.38. The minimum Gasteiger partial charge on any atom is -0.481 e. The van der Waals surface area contributed by atoms with Gasteiger partial charge in [-0.1, -0.05) is 18.2 Å². The fraction of sp³-hybridized carbons (Fsp3) is 0.353. The SMILES string of the molecule is O=C(COc1ccccc1F)N1CCC(c2cccs2)S(=O)(=O)CC1. The summed E-state index contributed by atoms with van der Waals surface area (Å²) in [6.07, 6.45) is 0.355. The van der Waals surface area contributed by atoms with Crippen molar-refractivity contribution < 1.29 is 22.3 Å². The Morgan fingerprint density at radius 3 is 2.76 bits per heavy atom. The van der Waals surface area contributed by atoms with Crippen LogP contribution in [-0.4, -0.2) is 44.7 Å². The number of nitrogens with zero attached hydrogens (tertiary/aromatic N) is 1. The van der Waals surface area contributed by atoms with Gasteiger partial charge in [-0.3, -0.25) is 4.79 Å². The van der Waals surface area contributed by atoms with Crippen LogP contribution in [0.5, 0.6) is 5.75 Å². The van der Waals surface area contributed by atoms with Crippen molar-refractivity contribution in [3.63, 3.8) is 0 Å². The minimum absolute atomic E-state index is 0.00903. The first-order valence-corrected chi connectivity index (χ1v) is 10.5. The fourth-order valence-corrected chi connectivity index (χ4v) is 5.78. The summed E-state index contributed by atoms with van der Waals surface area (Å²) in [5.74, 6) is -0.951. The largest absolute Gasteiger partial charge is 0.481 e. The molecule has 134 valence electrons. The second-order valence-electron chi connectivity index (χ2n) is 5.76. The molecular formula is C17H18FNO4S2. The van der Waals surface area contributed by atoms with Gasteiger partial charge in [0.2, 0.25) is 0 Å². The lowest BCUT2D eigenvalue weighted by molar-refractivity contribution is -0.133.